The summed E-state index contributed by atoms with van der Waals surface area (Å²) < 4.78 is 38.5. The van der Waals surface area contributed by atoms with Gasteiger partial charge in [-0.15, -0.1) is 0 Å². The molecule has 6 nitrogen and oxygen atoms in total. The summed E-state index contributed by atoms with van der Waals surface area (Å²) in [5.41, 5.74) is 0.461. The van der Waals surface area contributed by atoms with Crippen molar-refractivity contribution in [2.75, 3.05) is 6.61 Å². The summed E-state index contributed by atoms with van der Waals surface area (Å²) in [5.74, 6) is 1.12. The normalized spacial score (nSPS) is 12.3. The number of halogens is 3. The van der Waals surface area contributed by atoms with Crippen LogP contribution in [0, 0.1) is 0 Å². The van der Waals surface area contributed by atoms with Crippen LogP contribution in [0.5, 0.6) is 11.6 Å². The SMILES string of the molecule is C[Si](C)(C)CCOCn1ccc2c(Oc3ccccc3)nc(-c3cccc(C(F)(F)I)n3)nc21. The number of pyridine rings is 1. The number of fused-ring (bicyclic) bond motifs is 1. The average molecular weight is 594 g/mol. The number of hydrogen-bond acceptors (Lipinski definition) is 5. The van der Waals surface area contributed by atoms with Crippen LogP contribution in [0.4, 0.5) is 8.78 Å². The zero-order valence-corrected chi connectivity index (χ0v) is 22.3. The maximum Gasteiger partial charge on any atom is 0.337 e. The van der Waals surface area contributed by atoms with Crippen molar-refractivity contribution in [1.29, 1.82) is 0 Å². The van der Waals surface area contributed by atoms with E-state index in [-0.39, 0.29) is 17.2 Å². The number of aromatic nitrogens is 4. The minimum atomic E-state index is -3.11. The molecule has 0 unspecified atom stereocenters. The van der Waals surface area contributed by atoms with Gasteiger partial charge in [-0.25, -0.2) is 9.97 Å². The van der Waals surface area contributed by atoms with Gasteiger partial charge >= 0.3 is 3.93 Å². The zero-order valence-electron chi connectivity index (χ0n) is 19.1. The van der Waals surface area contributed by atoms with Crippen LogP contribution in [-0.4, -0.2) is 34.2 Å². The number of rotatable bonds is 9. The van der Waals surface area contributed by atoms with Gasteiger partial charge in [-0.1, -0.05) is 43.9 Å². The molecule has 1 aromatic carbocycles. The van der Waals surface area contributed by atoms with Gasteiger partial charge in [-0.05, 0) is 36.4 Å². The minimum Gasteiger partial charge on any atom is -0.438 e. The van der Waals surface area contributed by atoms with E-state index < -0.39 is 12.0 Å². The van der Waals surface area contributed by atoms with Gasteiger partial charge in [0.25, 0.3) is 0 Å². The number of ether oxygens (including phenoxy) is 2. The molecule has 0 aliphatic carbocycles. The van der Waals surface area contributed by atoms with Crippen LogP contribution in [0.3, 0.4) is 0 Å². The number of alkyl halides is 3. The molecular weight excluding hydrogens is 569 g/mol. The molecule has 0 saturated carbocycles. The molecule has 0 fully saturated rings. The molecule has 0 saturated heterocycles. The van der Waals surface area contributed by atoms with Crippen molar-refractivity contribution in [3.05, 3.63) is 66.5 Å². The van der Waals surface area contributed by atoms with Crippen molar-refractivity contribution >= 4 is 41.7 Å². The smallest absolute Gasteiger partial charge is 0.337 e. The fraction of sp³-hybridized carbons (Fsp3) is 0.292. The van der Waals surface area contributed by atoms with Crippen LogP contribution < -0.4 is 4.74 Å². The molecule has 0 aliphatic heterocycles. The third-order valence-corrected chi connectivity index (χ3v) is 7.29. The molecule has 4 aromatic rings. The zero-order chi connectivity index (χ0) is 24.3. The first-order chi connectivity index (χ1) is 16.1. The molecule has 0 radical (unpaired) electrons. The van der Waals surface area contributed by atoms with E-state index >= 15 is 0 Å². The molecule has 0 atom stereocenters. The highest BCUT2D eigenvalue weighted by molar-refractivity contribution is 14.1. The Morgan fingerprint density at radius 3 is 2.44 bits per heavy atom. The summed E-state index contributed by atoms with van der Waals surface area (Å²) in [4.78, 5) is 13.3. The average Bonchev–Trinajstić information content (AvgIpc) is 3.19. The standard InChI is InChI=1S/C24H25F2IN4O2Si/c1-34(2,3)15-14-32-16-31-13-12-18-22(31)29-21(19-10-7-11-20(28-19)24(25,26)27)30-23(18)33-17-8-5-4-6-9-17/h4-13H,14-16H2,1-3H3. The molecule has 0 bridgehead atoms. The maximum absolute atomic E-state index is 13.9. The third-order valence-electron chi connectivity index (χ3n) is 5.04. The van der Waals surface area contributed by atoms with E-state index in [0.29, 0.717) is 36.0 Å². The summed E-state index contributed by atoms with van der Waals surface area (Å²) in [6.07, 6.45) is 1.86. The van der Waals surface area contributed by atoms with Gasteiger partial charge in [0.2, 0.25) is 5.88 Å². The number of benzene rings is 1. The number of hydrogen-bond donors (Lipinski definition) is 0. The largest absolute Gasteiger partial charge is 0.438 e. The first-order valence-electron chi connectivity index (χ1n) is 10.8. The van der Waals surface area contributed by atoms with Gasteiger partial charge in [-0.3, -0.25) is 0 Å². The first kappa shape index (κ1) is 24.7. The van der Waals surface area contributed by atoms with Crippen LogP contribution in [0.1, 0.15) is 5.69 Å². The van der Waals surface area contributed by atoms with Crippen LogP contribution >= 0.6 is 22.6 Å². The Bertz CT molecular complexity index is 1270. The van der Waals surface area contributed by atoms with Crippen LogP contribution in [0.25, 0.3) is 22.6 Å². The summed E-state index contributed by atoms with van der Waals surface area (Å²) in [6.45, 7) is 7.88. The van der Waals surface area contributed by atoms with Gasteiger partial charge in [0.05, 0.1) is 5.39 Å². The van der Waals surface area contributed by atoms with E-state index in [1.165, 1.54) is 12.1 Å². The Morgan fingerprint density at radius 2 is 1.74 bits per heavy atom. The molecule has 0 amide bonds. The van der Waals surface area contributed by atoms with Gasteiger partial charge in [-0.2, -0.15) is 13.8 Å². The lowest BCUT2D eigenvalue weighted by Crippen LogP contribution is -2.22. The molecule has 178 valence electrons. The highest BCUT2D eigenvalue weighted by Gasteiger charge is 2.29. The van der Waals surface area contributed by atoms with Crippen molar-refractivity contribution < 1.29 is 18.3 Å². The second-order valence-corrected chi connectivity index (χ2v) is 16.0. The van der Waals surface area contributed by atoms with Crippen molar-refractivity contribution in [3.8, 4) is 23.1 Å². The predicted molar refractivity (Wildman–Crippen MR) is 139 cm³/mol. The fourth-order valence-electron chi connectivity index (χ4n) is 3.19. The number of para-hydroxylation sites is 1. The Kier molecular flexibility index (Phi) is 7.29. The lowest BCUT2D eigenvalue weighted by Gasteiger charge is -2.16. The van der Waals surface area contributed by atoms with Gasteiger partial charge < -0.3 is 14.0 Å². The lowest BCUT2D eigenvalue weighted by atomic mass is 10.3. The molecule has 3 heterocycles. The van der Waals surface area contributed by atoms with E-state index in [2.05, 4.69) is 34.6 Å². The Hall–Kier alpha value is -2.44. The molecule has 0 aliphatic rings. The molecular formula is C24H25F2IN4O2Si. The summed E-state index contributed by atoms with van der Waals surface area (Å²) in [6, 6.07) is 16.6. The highest BCUT2D eigenvalue weighted by Crippen LogP contribution is 2.35. The van der Waals surface area contributed by atoms with Gasteiger partial charge in [0.1, 0.15) is 29.5 Å². The van der Waals surface area contributed by atoms with Crippen molar-refractivity contribution in [2.24, 2.45) is 0 Å². The van der Waals surface area contributed by atoms with Gasteiger partial charge in [0, 0.05) is 43.5 Å². The van der Waals surface area contributed by atoms with Crippen LogP contribution in [0.2, 0.25) is 25.7 Å². The molecule has 3 aromatic heterocycles. The number of nitrogens with zero attached hydrogens (tertiary/aromatic N) is 4. The molecule has 0 spiro atoms. The molecule has 4 rings (SSSR count). The van der Waals surface area contributed by atoms with Crippen molar-refractivity contribution in [3.63, 3.8) is 0 Å². The summed E-state index contributed by atoms with van der Waals surface area (Å²) in [5, 5.41) is 0.691. The second kappa shape index (κ2) is 10.0. The van der Waals surface area contributed by atoms with Crippen molar-refractivity contribution in [1.82, 2.24) is 19.5 Å². The lowest BCUT2D eigenvalue weighted by molar-refractivity contribution is 0.0899. The van der Waals surface area contributed by atoms with Crippen LogP contribution in [-0.2, 0) is 15.4 Å². The minimum absolute atomic E-state index is 0.197. The second-order valence-electron chi connectivity index (χ2n) is 9.04. The van der Waals surface area contributed by atoms with E-state index in [4.69, 9.17) is 9.47 Å². The monoisotopic (exact) mass is 594 g/mol. The summed E-state index contributed by atoms with van der Waals surface area (Å²) >= 11 is 1.06. The molecule has 34 heavy (non-hydrogen) atoms. The first-order valence-corrected chi connectivity index (χ1v) is 15.6. The van der Waals surface area contributed by atoms with E-state index in [9.17, 15) is 8.78 Å². The Morgan fingerprint density at radius 1 is 0.971 bits per heavy atom. The Balaban J connectivity index is 1.73. The maximum atomic E-state index is 13.9. The topological polar surface area (TPSA) is 62.1 Å². The van der Waals surface area contributed by atoms with Gasteiger partial charge in [0.15, 0.2) is 5.82 Å². The quantitative estimate of drug-likeness (QED) is 0.0897. The fourth-order valence-corrected chi connectivity index (χ4v) is 4.25. The van der Waals surface area contributed by atoms with E-state index in [0.717, 1.165) is 28.6 Å². The molecule has 10 heteroatoms. The van der Waals surface area contributed by atoms with Crippen molar-refractivity contribution in [2.45, 2.75) is 36.3 Å². The predicted octanol–water partition coefficient (Wildman–Crippen LogP) is 7.08. The highest BCUT2D eigenvalue weighted by atomic mass is 127. The van der Waals surface area contributed by atoms with E-state index in [1.807, 2.05) is 47.2 Å². The summed E-state index contributed by atoms with van der Waals surface area (Å²) in [7, 11) is -1.21. The molecule has 0 N–H and O–H groups in total. The van der Waals surface area contributed by atoms with E-state index in [1.54, 1.807) is 6.07 Å². The third kappa shape index (κ3) is 6.16. The Labute approximate surface area is 211 Å². The van der Waals surface area contributed by atoms with Crippen LogP contribution in [0.15, 0.2) is 60.8 Å².